The Morgan fingerprint density at radius 3 is 2.64 bits per heavy atom. The Morgan fingerprint density at radius 2 is 1.84 bits per heavy atom. The van der Waals surface area contributed by atoms with Crippen LogP contribution in [0.2, 0.25) is 0 Å². The van der Waals surface area contributed by atoms with E-state index >= 15 is 0 Å². The Balaban J connectivity index is 1.77. The number of benzene rings is 1. The second-order valence-electron chi connectivity index (χ2n) is 5.26. The fourth-order valence-corrected chi connectivity index (χ4v) is 2.41. The lowest BCUT2D eigenvalue weighted by molar-refractivity contribution is 0.621. The number of hydrogen-bond donors (Lipinski definition) is 1. The molecule has 2 N–H and O–H groups in total. The maximum atomic E-state index is 14.1. The first-order chi connectivity index (χ1) is 12.2. The lowest BCUT2D eigenvalue weighted by Gasteiger charge is -2.07. The standard InChI is InChI=1S/C17H12FN7/c18-12-8-11(16-14(19)4-3-7-21-16)9-13(10-12)25-23-17(22-24-25)15-5-1-2-6-20-15/h1-10H,19H2. The summed E-state index contributed by atoms with van der Waals surface area (Å²) in [5, 5.41) is 12.2. The van der Waals surface area contributed by atoms with Gasteiger partial charge >= 0.3 is 0 Å². The number of nitrogens with two attached hydrogens (primary N) is 1. The zero-order chi connectivity index (χ0) is 17.2. The molecule has 0 radical (unpaired) electrons. The van der Waals surface area contributed by atoms with Crippen LogP contribution >= 0.6 is 0 Å². The Kier molecular flexibility index (Phi) is 3.62. The van der Waals surface area contributed by atoms with E-state index < -0.39 is 5.82 Å². The highest BCUT2D eigenvalue weighted by Gasteiger charge is 2.12. The highest BCUT2D eigenvalue weighted by Crippen LogP contribution is 2.26. The number of tetrazole rings is 1. The summed E-state index contributed by atoms with van der Waals surface area (Å²) in [5.74, 6) is -0.0991. The summed E-state index contributed by atoms with van der Waals surface area (Å²) in [5.41, 5.74) is 8.41. The topological polar surface area (TPSA) is 95.4 Å². The molecule has 25 heavy (non-hydrogen) atoms. The van der Waals surface area contributed by atoms with Gasteiger partial charge in [-0.3, -0.25) is 9.97 Å². The molecule has 0 aliphatic rings. The fourth-order valence-electron chi connectivity index (χ4n) is 2.41. The van der Waals surface area contributed by atoms with Crippen molar-refractivity contribution >= 4 is 5.69 Å². The molecule has 0 unspecified atom stereocenters. The molecule has 1 aromatic carbocycles. The molecule has 122 valence electrons. The van der Waals surface area contributed by atoms with E-state index in [1.807, 2.05) is 6.07 Å². The van der Waals surface area contributed by atoms with Crippen molar-refractivity contribution in [2.45, 2.75) is 0 Å². The van der Waals surface area contributed by atoms with Crippen LogP contribution < -0.4 is 5.73 Å². The second-order valence-corrected chi connectivity index (χ2v) is 5.26. The van der Waals surface area contributed by atoms with Gasteiger partial charge in [0.25, 0.3) is 0 Å². The Bertz CT molecular complexity index is 1030. The van der Waals surface area contributed by atoms with Gasteiger partial charge in [-0.2, -0.15) is 0 Å². The van der Waals surface area contributed by atoms with E-state index in [4.69, 9.17) is 5.73 Å². The first-order valence-corrected chi connectivity index (χ1v) is 7.44. The van der Waals surface area contributed by atoms with Crippen LogP contribution in [0.3, 0.4) is 0 Å². The minimum Gasteiger partial charge on any atom is -0.397 e. The third-order valence-corrected chi connectivity index (χ3v) is 3.53. The van der Waals surface area contributed by atoms with Crippen LogP contribution in [0.15, 0.2) is 60.9 Å². The number of aromatic nitrogens is 6. The van der Waals surface area contributed by atoms with Crippen molar-refractivity contribution in [3.8, 4) is 28.5 Å². The largest absolute Gasteiger partial charge is 0.397 e. The van der Waals surface area contributed by atoms with Gasteiger partial charge in [-0.05, 0) is 41.6 Å². The van der Waals surface area contributed by atoms with E-state index in [1.165, 1.54) is 16.9 Å². The molecule has 0 saturated carbocycles. The van der Waals surface area contributed by atoms with Crippen LogP contribution in [0, 0.1) is 5.82 Å². The molecule has 8 heteroatoms. The summed E-state index contributed by atoms with van der Waals surface area (Å²) < 4.78 is 14.1. The van der Waals surface area contributed by atoms with E-state index in [0.29, 0.717) is 34.2 Å². The predicted molar refractivity (Wildman–Crippen MR) is 90.0 cm³/mol. The molecule has 0 aliphatic heterocycles. The zero-order valence-electron chi connectivity index (χ0n) is 12.9. The molecule has 0 amide bonds. The number of pyridine rings is 2. The Morgan fingerprint density at radius 1 is 0.960 bits per heavy atom. The van der Waals surface area contributed by atoms with E-state index in [9.17, 15) is 4.39 Å². The highest BCUT2D eigenvalue weighted by atomic mass is 19.1. The minimum absolute atomic E-state index is 0.351. The van der Waals surface area contributed by atoms with E-state index in [-0.39, 0.29) is 0 Å². The van der Waals surface area contributed by atoms with Crippen LogP contribution in [0.25, 0.3) is 28.5 Å². The van der Waals surface area contributed by atoms with Gasteiger partial charge in [0, 0.05) is 24.0 Å². The average molecular weight is 333 g/mol. The lowest BCUT2D eigenvalue weighted by Crippen LogP contribution is -2.01. The number of nitrogens with zero attached hydrogens (tertiary/aromatic N) is 6. The van der Waals surface area contributed by atoms with Gasteiger partial charge in [0.05, 0.1) is 17.1 Å². The smallest absolute Gasteiger partial charge is 0.223 e. The molecule has 0 atom stereocenters. The van der Waals surface area contributed by atoms with E-state index in [1.54, 1.807) is 42.7 Å². The summed E-state index contributed by atoms with van der Waals surface area (Å²) in [4.78, 5) is 9.63. The zero-order valence-corrected chi connectivity index (χ0v) is 12.9. The predicted octanol–water partition coefficient (Wildman–Crippen LogP) is 2.51. The third kappa shape index (κ3) is 2.92. The normalized spacial score (nSPS) is 10.8. The van der Waals surface area contributed by atoms with Gasteiger partial charge in [0.15, 0.2) is 0 Å². The number of nitrogen functional groups attached to an aromatic ring is 1. The van der Waals surface area contributed by atoms with Crippen LogP contribution in [-0.2, 0) is 0 Å². The molecule has 4 rings (SSSR count). The van der Waals surface area contributed by atoms with Crippen molar-refractivity contribution in [3.05, 3.63) is 66.7 Å². The Labute approximate surface area is 142 Å². The van der Waals surface area contributed by atoms with Crippen molar-refractivity contribution in [1.29, 1.82) is 0 Å². The number of anilines is 1. The van der Waals surface area contributed by atoms with Gasteiger partial charge in [0.1, 0.15) is 11.5 Å². The highest BCUT2D eigenvalue weighted by molar-refractivity contribution is 5.73. The monoisotopic (exact) mass is 333 g/mol. The Hall–Kier alpha value is -3.68. The average Bonchev–Trinajstić information content (AvgIpc) is 3.12. The first kappa shape index (κ1) is 14.9. The third-order valence-electron chi connectivity index (χ3n) is 3.53. The molecule has 7 nitrogen and oxygen atoms in total. The summed E-state index contributed by atoms with van der Waals surface area (Å²) >= 11 is 0. The quantitative estimate of drug-likeness (QED) is 0.619. The van der Waals surface area contributed by atoms with E-state index in [2.05, 4.69) is 25.4 Å². The lowest BCUT2D eigenvalue weighted by atomic mass is 10.1. The SMILES string of the molecule is Nc1cccnc1-c1cc(F)cc(-n2nnc(-c3ccccn3)n2)c1. The molecule has 0 aliphatic carbocycles. The molecule has 3 aromatic heterocycles. The molecular formula is C17H12FN7. The number of hydrogen-bond acceptors (Lipinski definition) is 6. The van der Waals surface area contributed by atoms with Crippen molar-refractivity contribution in [2.75, 3.05) is 5.73 Å². The van der Waals surface area contributed by atoms with Gasteiger partial charge in [0.2, 0.25) is 5.82 Å². The van der Waals surface area contributed by atoms with Gasteiger partial charge in [-0.25, -0.2) is 4.39 Å². The van der Waals surface area contributed by atoms with Crippen molar-refractivity contribution in [2.24, 2.45) is 0 Å². The minimum atomic E-state index is -0.450. The van der Waals surface area contributed by atoms with Gasteiger partial charge in [-0.15, -0.1) is 15.0 Å². The van der Waals surface area contributed by atoms with Gasteiger partial charge < -0.3 is 5.73 Å². The maximum Gasteiger partial charge on any atom is 0.223 e. The first-order valence-electron chi connectivity index (χ1n) is 7.44. The van der Waals surface area contributed by atoms with Crippen LogP contribution in [0.5, 0.6) is 0 Å². The van der Waals surface area contributed by atoms with E-state index in [0.717, 1.165) is 0 Å². The molecule has 0 bridgehead atoms. The maximum absolute atomic E-state index is 14.1. The summed E-state index contributed by atoms with van der Waals surface area (Å²) in [6, 6.07) is 13.2. The van der Waals surface area contributed by atoms with Gasteiger partial charge in [-0.1, -0.05) is 6.07 Å². The molecule has 0 fully saturated rings. The van der Waals surface area contributed by atoms with Crippen LogP contribution in [0.4, 0.5) is 10.1 Å². The summed E-state index contributed by atoms with van der Waals surface area (Å²) in [7, 11) is 0. The van der Waals surface area contributed by atoms with Crippen molar-refractivity contribution in [1.82, 2.24) is 30.2 Å². The number of rotatable bonds is 3. The molecule has 0 saturated heterocycles. The molecule has 4 aromatic rings. The van der Waals surface area contributed by atoms with Crippen molar-refractivity contribution < 1.29 is 4.39 Å². The molecule has 0 spiro atoms. The number of halogens is 1. The molecule has 3 heterocycles. The summed E-state index contributed by atoms with van der Waals surface area (Å²) in [6.45, 7) is 0. The van der Waals surface area contributed by atoms with Crippen LogP contribution in [0.1, 0.15) is 0 Å². The van der Waals surface area contributed by atoms with Crippen LogP contribution in [-0.4, -0.2) is 30.2 Å². The molecular weight excluding hydrogens is 321 g/mol. The second kappa shape index (κ2) is 6.08. The summed E-state index contributed by atoms with van der Waals surface area (Å²) in [6.07, 6.45) is 3.24. The fraction of sp³-hybridized carbons (Fsp3) is 0. The van der Waals surface area contributed by atoms with Crippen molar-refractivity contribution in [3.63, 3.8) is 0 Å².